The molecule has 0 unspecified atom stereocenters. The largest absolute Gasteiger partial charge is 0.457 e. The molecule has 3 fully saturated rings. The number of aliphatic hydroxyl groups is 1. The Morgan fingerprint density at radius 2 is 1.72 bits per heavy atom. The smallest absolute Gasteiger partial charge is 0.245 e. The number of amides is 4. The summed E-state index contributed by atoms with van der Waals surface area (Å²) in [6.45, 7) is 7.76. The zero-order chi connectivity index (χ0) is 45.9. The minimum Gasteiger partial charge on any atom is -0.457 e. The summed E-state index contributed by atoms with van der Waals surface area (Å²) in [5.41, 5.74) is 1.59. The molecule has 0 radical (unpaired) electrons. The van der Waals surface area contributed by atoms with Crippen LogP contribution in [0.1, 0.15) is 83.2 Å². The lowest BCUT2D eigenvalue weighted by Crippen LogP contribution is -2.65. The molecule has 3 heterocycles. The Balaban J connectivity index is 1.17. The molecule has 7 rings (SSSR count). The van der Waals surface area contributed by atoms with Crippen molar-refractivity contribution in [3.63, 3.8) is 0 Å². The highest BCUT2D eigenvalue weighted by Crippen LogP contribution is 2.39. The summed E-state index contributed by atoms with van der Waals surface area (Å²) in [5, 5.41) is 20.3. The van der Waals surface area contributed by atoms with Gasteiger partial charge in [-0.3, -0.25) is 19.2 Å². The number of halogens is 3. The Morgan fingerprint density at radius 3 is 2.39 bits per heavy atom. The molecule has 2 bridgehead atoms. The van der Waals surface area contributed by atoms with Crippen LogP contribution in [0.15, 0.2) is 66.9 Å². The van der Waals surface area contributed by atoms with Gasteiger partial charge in [-0.25, -0.2) is 9.37 Å². The van der Waals surface area contributed by atoms with Gasteiger partial charge in [0, 0.05) is 59.2 Å². The summed E-state index contributed by atoms with van der Waals surface area (Å²) in [6, 6.07) is 14.3. The summed E-state index contributed by atoms with van der Waals surface area (Å²) >= 11 is 12.6. The van der Waals surface area contributed by atoms with Crippen molar-refractivity contribution in [3.05, 3.63) is 99.7 Å². The number of hydrogen-bond acceptors (Lipinski definition) is 8. The number of imidazole rings is 1. The quantitative estimate of drug-likeness (QED) is 0.119. The molecule has 3 aliphatic rings. The summed E-state index contributed by atoms with van der Waals surface area (Å²) in [7, 11) is 1.95. The van der Waals surface area contributed by atoms with Crippen LogP contribution in [0.2, 0.25) is 10.0 Å². The van der Waals surface area contributed by atoms with Crippen LogP contribution in [-0.2, 0) is 45.7 Å². The van der Waals surface area contributed by atoms with Crippen LogP contribution in [0.5, 0.6) is 11.5 Å². The second-order valence-corrected chi connectivity index (χ2v) is 19.5. The Kier molecular flexibility index (Phi) is 14.4. The predicted molar refractivity (Wildman–Crippen MR) is 243 cm³/mol. The first-order valence-corrected chi connectivity index (χ1v) is 22.7. The number of aliphatic hydroxyl groups excluding tert-OH is 1. The lowest BCUT2D eigenvalue weighted by molar-refractivity contribution is -0.148. The van der Waals surface area contributed by atoms with Gasteiger partial charge in [0.1, 0.15) is 35.2 Å². The molecule has 2 saturated heterocycles. The van der Waals surface area contributed by atoms with E-state index in [2.05, 4.69) is 41.7 Å². The Bertz CT molecular complexity index is 2350. The van der Waals surface area contributed by atoms with Crippen molar-refractivity contribution in [2.24, 2.45) is 18.9 Å². The monoisotopic (exact) mass is 917 g/mol. The van der Waals surface area contributed by atoms with E-state index in [4.69, 9.17) is 27.9 Å². The SMILES string of the molecule is C[C@H]1C(=O)N[C@@H](CO)C(=O)N[C@@]2(Cc3ccc(Cl)cc3)CCCN(C2)C(=O)[C@H](CC2CC2)CC(=O)N1Cc1c(F)cc(Cl)cc1Oc1ccc(-c2cnc(CNC(C)(C)C)n2C)cc1. The molecule has 4 N–H and O–H groups in total. The molecule has 4 atom stereocenters. The normalized spacial score (nSPS) is 22.5. The van der Waals surface area contributed by atoms with Crippen molar-refractivity contribution in [3.8, 4) is 22.8 Å². The van der Waals surface area contributed by atoms with Crippen LogP contribution in [0, 0.1) is 17.7 Å². The molecule has 0 spiro atoms. The predicted octanol–water partition coefficient (Wildman–Crippen LogP) is 6.95. The van der Waals surface area contributed by atoms with Crippen LogP contribution in [0.4, 0.5) is 4.39 Å². The van der Waals surface area contributed by atoms with Gasteiger partial charge in [0.25, 0.3) is 0 Å². The third-order valence-corrected chi connectivity index (χ3v) is 13.0. The van der Waals surface area contributed by atoms with Crippen molar-refractivity contribution < 1.29 is 33.4 Å². The number of carbonyl (C=O) groups is 4. The van der Waals surface area contributed by atoms with Crippen molar-refractivity contribution in [1.29, 1.82) is 0 Å². The number of benzene rings is 3. The fourth-order valence-electron chi connectivity index (χ4n) is 8.67. The molecule has 13 nitrogen and oxygen atoms in total. The topological polar surface area (TPSA) is 158 Å². The number of carbonyl (C=O) groups excluding carboxylic acids is 4. The fourth-order valence-corrected chi connectivity index (χ4v) is 9.00. The van der Waals surface area contributed by atoms with Gasteiger partial charge in [-0.2, -0.15) is 0 Å². The molecule has 1 saturated carbocycles. The van der Waals surface area contributed by atoms with Crippen molar-refractivity contribution in [2.45, 2.75) is 109 Å². The number of ether oxygens (including phenoxy) is 1. The zero-order valence-corrected chi connectivity index (χ0v) is 38.6. The highest BCUT2D eigenvalue weighted by molar-refractivity contribution is 6.31. The van der Waals surface area contributed by atoms with Crippen LogP contribution < -0.4 is 20.7 Å². The first kappa shape index (κ1) is 47.0. The molecular weight excluding hydrogens is 860 g/mol. The average Bonchev–Trinajstić information content (AvgIpc) is 3.99. The Hall–Kier alpha value is -5.02. The van der Waals surface area contributed by atoms with E-state index < -0.39 is 60.2 Å². The molecule has 16 heteroatoms. The second-order valence-electron chi connectivity index (χ2n) is 18.7. The molecule has 3 aromatic carbocycles. The second kappa shape index (κ2) is 19.6. The van der Waals surface area contributed by atoms with Crippen molar-refractivity contribution >= 4 is 46.8 Å². The van der Waals surface area contributed by atoms with Gasteiger partial charge in [-0.15, -0.1) is 0 Å². The van der Waals surface area contributed by atoms with Gasteiger partial charge in [0.2, 0.25) is 23.6 Å². The standard InChI is InChI=1S/C48H58Cl2FN7O6/c1-29-44(61)54-39(27-59)45(62)55-48(23-31-9-13-34(49)14-10-31)17-6-18-57(28-48)46(63)33(19-30-7-8-30)20-43(60)58(29)26-37-38(51)21-35(50)22-41(37)64-36-15-11-32(12-16-36)40-24-52-42(56(40)5)25-53-47(2,3)4/h9-16,21-22,24,29-30,33,39,53,59H,6-8,17-20,23,25-28H2,1-5H3,(H,54,61)(H,55,62)/t29-,33+,39-,48+/m0/s1. The van der Waals surface area contributed by atoms with E-state index in [1.807, 2.05) is 35.9 Å². The highest BCUT2D eigenvalue weighted by Gasteiger charge is 2.44. The van der Waals surface area contributed by atoms with Gasteiger partial charge in [-0.1, -0.05) is 48.2 Å². The summed E-state index contributed by atoms with van der Waals surface area (Å²) in [5.74, 6) is -2.11. The van der Waals surface area contributed by atoms with Gasteiger partial charge in [0.05, 0.1) is 37.1 Å². The highest BCUT2D eigenvalue weighted by atomic mass is 35.5. The van der Waals surface area contributed by atoms with E-state index in [0.717, 1.165) is 41.6 Å². The lowest BCUT2D eigenvalue weighted by atomic mass is 9.81. The summed E-state index contributed by atoms with van der Waals surface area (Å²) in [4.78, 5) is 65.1. The lowest BCUT2D eigenvalue weighted by Gasteiger charge is -2.45. The zero-order valence-electron chi connectivity index (χ0n) is 37.1. The average molecular weight is 919 g/mol. The Morgan fingerprint density at radius 1 is 1.00 bits per heavy atom. The first-order valence-electron chi connectivity index (χ1n) is 22.0. The molecule has 4 aromatic rings. The van der Waals surface area contributed by atoms with Gasteiger partial charge >= 0.3 is 0 Å². The van der Waals surface area contributed by atoms with E-state index in [0.29, 0.717) is 49.5 Å². The number of nitrogens with zero attached hydrogens (tertiary/aromatic N) is 4. The molecule has 2 aliphatic heterocycles. The van der Waals surface area contributed by atoms with Gasteiger partial charge < -0.3 is 40.2 Å². The minimum absolute atomic E-state index is 0.0252. The minimum atomic E-state index is -1.39. The van der Waals surface area contributed by atoms with Crippen LogP contribution in [-0.4, -0.2) is 90.9 Å². The number of aromatic nitrogens is 2. The number of hydrogen-bond donors (Lipinski definition) is 4. The first-order chi connectivity index (χ1) is 30.4. The Labute approximate surface area is 384 Å². The summed E-state index contributed by atoms with van der Waals surface area (Å²) in [6.07, 6.45) is 5.41. The van der Waals surface area contributed by atoms with E-state index >= 15 is 4.39 Å². The van der Waals surface area contributed by atoms with Gasteiger partial charge in [0.15, 0.2) is 0 Å². The molecule has 64 heavy (non-hydrogen) atoms. The molecule has 1 aromatic heterocycles. The number of fused-ring (bicyclic) bond motifs is 2. The van der Waals surface area contributed by atoms with Crippen molar-refractivity contribution in [2.75, 3.05) is 19.7 Å². The number of rotatable bonds is 12. The maximum Gasteiger partial charge on any atom is 0.245 e. The van der Waals surface area contributed by atoms with Crippen LogP contribution in [0.25, 0.3) is 11.3 Å². The van der Waals surface area contributed by atoms with E-state index in [9.17, 15) is 24.3 Å². The van der Waals surface area contributed by atoms with E-state index in [1.54, 1.807) is 35.4 Å². The molecule has 342 valence electrons. The van der Waals surface area contributed by atoms with Crippen molar-refractivity contribution in [1.82, 2.24) is 35.3 Å². The van der Waals surface area contributed by atoms with E-state index in [1.165, 1.54) is 17.9 Å². The van der Waals surface area contributed by atoms with Crippen LogP contribution >= 0.6 is 23.2 Å². The number of piperidine rings is 1. The molecule has 4 amide bonds. The summed E-state index contributed by atoms with van der Waals surface area (Å²) < 4.78 is 24.5. The fraction of sp³-hybridized carbons (Fsp3) is 0.479. The third kappa shape index (κ3) is 11.4. The maximum atomic E-state index is 16.2. The maximum absolute atomic E-state index is 16.2. The van der Waals surface area contributed by atoms with Crippen LogP contribution in [0.3, 0.4) is 0 Å². The third-order valence-electron chi connectivity index (χ3n) is 12.5. The number of nitrogens with one attached hydrogen (secondary N) is 3. The van der Waals surface area contributed by atoms with Gasteiger partial charge in [-0.05, 0) is 113 Å². The molecule has 1 aliphatic carbocycles. The molecular formula is C48H58Cl2FN7O6. The van der Waals surface area contributed by atoms with E-state index in [-0.39, 0.29) is 46.7 Å².